The minimum absolute atomic E-state index is 0.0937. The molecule has 3 aromatic rings. The number of pyridine rings is 1. The number of benzene rings is 1. The van der Waals surface area contributed by atoms with Crippen molar-refractivity contribution in [1.29, 1.82) is 0 Å². The van der Waals surface area contributed by atoms with E-state index < -0.39 is 0 Å². The average molecular weight is 367 g/mol. The third-order valence-corrected chi connectivity index (χ3v) is 4.71. The summed E-state index contributed by atoms with van der Waals surface area (Å²) in [6.07, 6.45) is 3.38. The fourth-order valence-electron chi connectivity index (χ4n) is 2.41. The first-order valence-electron chi connectivity index (χ1n) is 7.88. The minimum Gasteiger partial charge on any atom is -0.325 e. The second-order valence-corrected chi connectivity index (χ2v) is 6.48. The van der Waals surface area contributed by atoms with E-state index in [-0.39, 0.29) is 17.4 Å². The van der Waals surface area contributed by atoms with Crippen molar-refractivity contribution in [3.8, 4) is 11.4 Å². The molecule has 3 rings (SSSR count). The molecular weight excluding hydrogens is 350 g/mol. The zero-order valence-corrected chi connectivity index (χ0v) is 15.2. The molecule has 0 spiro atoms. The second kappa shape index (κ2) is 7.92. The maximum atomic E-state index is 12.2. The first-order valence-corrected chi connectivity index (χ1v) is 8.87. The summed E-state index contributed by atoms with van der Waals surface area (Å²) < 4.78 is 1.83. The summed E-state index contributed by atoms with van der Waals surface area (Å²) in [7, 11) is 1.85. The molecule has 0 aliphatic heterocycles. The maximum Gasteiger partial charge on any atom is 0.234 e. The van der Waals surface area contributed by atoms with Gasteiger partial charge in [0.1, 0.15) is 0 Å². The van der Waals surface area contributed by atoms with Crippen LogP contribution in [0.25, 0.3) is 11.4 Å². The van der Waals surface area contributed by atoms with Gasteiger partial charge in [0, 0.05) is 30.6 Å². The largest absolute Gasteiger partial charge is 0.325 e. The van der Waals surface area contributed by atoms with Crippen molar-refractivity contribution >= 4 is 29.1 Å². The van der Waals surface area contributed by atoms with Gasteiger partial charge in [-0.05, 0) is 31.2 Å². The Balaban J connectivity index is 1.66. The second-order valence-electron chi connectivity index (χ2n) is 5.54. The van der Waals surface area contributed by atoms with Crippen LogP contribution in [-0.2, 0) is 11.8 Å². The van der Waals surface area contributed by atoms with E-state index in [1.807, 2.05) is 23.7 Å². The van der Waals surface area contributed by atoms with Crippen LogP contribution in [0, 0.1) is 0 Å². The Kier molecular flexibility index (Phi) is 5.43. The number of nitrogens with zero attached hydrogens (tertiary/aromatic N) is 4. The fraction of sp³-hybridized carbons (Fsp3) is 0.167. The van der Waals surface area contributed by atoms with Crippen LogP contribution >= 0.6 is 11.8 Å². The number of ketones is 1. The molecule has 132 valence electrons. The van der Waals surface area contributed by atoms with Gasteiger partial charge in [-0.3, -0.25) is 14.6 Å². The summed E-state index contributed by atoms with van der Waals surface area (Å²) >= 11 is 1.28. The molecule has 0 aliphatic rings. The molecule has 0 bridgehead atoms. The van der Waals surface area contributed by atoms with Crippen LogP contribution in [0.3, 0.4) is 0 Å². The predicted molar refractivity (Wildman–Crippen MR) is 100 cm³/mol. The Hall–Kier alpha value is -3.00. The van der Waals surface area contributed by atoms with Crippen molar-refractivity contribution in [2.45, 2.75) is 12.1 Å². The number of amides is 1. The van der Waals surface area contributed by atoms with Crippen LogP contribution in [-0.4, -0.2) is 37.2 Å². The Morgan fingerprint density at radius 1 is 1.12 bits per heavy atom. The minimum atomic E-state index is -0.211. The molecule has 0 aliphatic carbocycles. The summed E-state index contributed by atoms with van der Waals surface area (Å²) in [6.45, 7) is 1.47. The van der Waals surface area contributed by atoms with Crippen molar-refractivity contribution in [2.24, 2.45) is 7.05 Å². The zero-order valence-electron chi connectivity index (χ0n) is 14.3. The Morgan fingerprint density at radius 3 is 2.58 bits per heavy atom. The van der Waals surface area contributed by atoms with Gasteiger partial charge >= 0.3 is 0 Å². The van der Waals surface area contributed by atoms with E-state index in [1.165, 1.54) is 18.7 Å². The molecule has 2 aromatic heterocycles. The number of thioether (sulfide) groups is 1. The highest BCUT2D eigenvalue weighted by Gasteiger charge is 2.14. The summed E-state index contributed by atoms with van der Waals surface area (Å²) in [4.78, 5) is 27.9. The number of anilines is 1. The van der Waals surface area contributed by atoms with Crippen molar-refractivity contribution in [3.05, 3.63) is 54.4 Å². The van der Waals surface area contributed by atoms with Crippen LogP contribution < -0.4 is 5.32 Å². The van der Waals surface area contributed by atoms with E-state index >= 15 is 0 Å². The number of para-hydroxylation sites is 1. The number of carbonyl (C=O) groups is 2. The Bertz CT molecular complexity index is 940. The maximum absolute atomic E-state index is 12.2. The Labute approximate surface area is 154 Å². The molecule has 1 amide bonds. The topological polar surface area (TPSA) is 89.8 Å². The number of aromatic nitrogens is 4. The first kappa shape index (κ1) is 17.8. The Morgan fingerprint density at radius 2 is 1.85 bits per heavy atom. The molecule has 0 radical (unpaired) electrons. The fourth-order valence-corrected chi connectivity index (χ4v) is 3.12. The van der Waals surface area contributed by atoms with Gasteiger partial charge < -0.3 is 9.88 Å². The van der Waals surface area contributed by atoms with Gasteiger partial charge in [0.15, 0.2) is 16.8 Å². The molecular formula is C18H17N5O2S. The monoisotopic (exact) mass is 367 g/mol. The zero-order chi connectivity index (χ0) is 18.5. The summed E-state index contributed by atoms with van der Waals surface area (Å²) in [6, 6.07) is 10.6. The molecule has 0 saturated heterocycles. The average Bonchev–Trinajstić information content (AvgIpc) is 3.01. The van der Waals surface area contributed by atoms with Gasteiger partial charge in [-0.15, -0.1) is 10.2 Å². The smallest absolute Gasteiger partial charge is 0.234 e. The van der Waals surface area contributed by atoms with Gasteiger partial charge in [-0.1, -0.05) is 23.9 Å². The molecule has 7 nitrogen and oxygen atoms in total. The molecule has 0 unspecified atom stereocenters. The van der Waals surface area contributed by atoms with Crippen molar-refractivity contribution in [3.63, 3.8) is 0 Å². The van der Waals surface area contributed by atoms with E-state index in [1.54, 1.807) is 36.7 Å². The third kappa shape index (κ3) is 3.97. The normalized spacial score (nSPS) is 10.5. The number of carbonyl (C=O) groups excluding carboxylic acids is 2. The van der Waals surface area contributed by atoms with Gasteiger partial charge in [0.25, 0.3) is 0 Å². The van der Waals surface area contributed by atoms with E-state index in [0.29, 0.717) is 22.2 Å². The van der Waals surface area contributed by atoms with E-state index in [9.17, 15) is 9.59 Å². The molecule has 0 atom stereocenters. The van der Waals surface area contributed by atoms with Crippen LogP contribution in [0.2, 0.25) is 0 Å². The molecule has 8 heteroatoms. The summed E-state index contributed by atoms with van der Waals surface area (Å²) in [5.41, 5.74) is 1.91. The van der Waals surface area contributed by atoms with E-state index in [0.717, 1.165) is 5.56 Å². The van der Waals surface area contributed by atoms with E-state index in [2.05, 4.69) is 20.5 Å². The van der Waals surface area contributed by atoms with Crippen molar-refractivity contribution < 1.29 is 9.59 Å². The highest BCUT2D eigenvalue weighted by Crippen LogP contribution is 2.22. The van der Waals surface area contributed by atoms with Crippen LogP contribution in [0.15, 0.2) is 53.9 Å². The van der Waals surface area contributed by atoms with Crippen LogP contribution in [0.4, 0.5) is 5.69 Å². The van der Waals surface area contributed by atoms with Gasteiger partial charge in [0.05, 0.1) is 11.4 Å². The number of hydrogen-bond donors (Lipinski definition) is 1. The summed E-state index contributed by atoms with van der Waals surface area (Å²) in [5, 5.41) is 11.7. The van der Waals surface area contributed by atoms with Crippen molar-refractivity contribution in [1.82, 2.24) is 19.7 Å². The van der Waals surface area contributed by atoms with Crippen molar-refractivity contribution in [2.75, 3.05) is 11.1 Å². The molecule has 2 heterocycles. The molecule has 1 aromatic carbocycles. The predicted octanol–water partition coefficient (Wildman–Crippen LogP) is 2.81. The quantitative estimate of drug-likeness (QED) is 0.532. The molecule has 1 N–H and O–H groups in total. The molecule has 0 fully saturated rings. The highest BCUT2D eigenvalue weighted by molar-refractivity contribution is 7.99. The standard InChI is InChI=1S/C18H17N5O2S/c1-12(24)14-5-3-4-6-15(14)20-16(25)11-26-18-22-21-17(23(18)2)13-7-9-19-10-8-13/h3-10H,11H2,1-2H3,(H,20,25). The van der Waals surface area contributed by atoms with Gasteiger partial charge in [0.2, 0.25) is 5.91 Å². The lowest BCUT2D eigenvalue weighted by Gasteiger charge is -2.08. The number of nitrogens with one attached hydrogen (secondary N) is 1. The first-order chi connectivity index (χ1) is 12.6. The number of rotatable bonds is 6. The third-order valence-electron chi connectivity index (χ3n) is 3.69. The molecule has 26 heavy (non-hydrogen) atoms. The lowest BCUT2D eigenvalue weighted by Crippen LogP contribution is -2.16. The summed E-state index contributed by atoms with van der Waals surface area (Å²) in [5.74, 6) is 0.562. The number of hydrogen-bond acceptors (Lipinski definition) is 6. The highest BCUT2D eigenvalue weighted by atomic mass is 32.2. The lowest BCUT2D eigenvalue weighted by atomic mass is 10.1. The van der Waals surface area contributed by atoms with E-state index in [4.69, 9.17) is 0 Å². The van der Waals surface area contributed by atoms with Gasteiger partial charge in [-0.2, -0.15) is 0 Å². The SMILES string of the molecule is CC(=O)c1ccccc1NC(=O)CSc1nnc(-c2ccncc2)n1C. The lowest BCUT2D eigenvalue weighted by molar-refractivity contribution is -0.113. The van der Waals surface area contributed by atoms with Crippen LogP contribution in [0.5, 0.6) is 0 Å². The van der Waals surface area contributed by atoms with Gasteiger partial charge in [-0.25, -0.2) is 0 Å². The molecule has 0 saturated carbocycles. The van der Waals surface area contributed by atoms with Crippen LogP contribution in [0.1, 0.15) is 17.3 Å². The number of Topliss-reactive ketones (excluding diaryl/α,β-unsaturated/α-hetero) is 1.